The molecular formula is C64H38N4O2. The van der Waals surface area contributed by atoms with Crippen molar-refractivity contribution in [1.82, 2.24) is 19.5 Å². The Morgan fingerprint density at radius 3 is 1.66 bits per heavy atom. The Labute approximate surface area is 401 Å². The van der Waals surface area contributed by atoms with Gasteiger partial charge in [-0.15, -0.1) is 0 Å². The van der Waals surface area contributed by atoms with Crippen molar-refractivity contribution in [3.63, 3.8) is 0 Å². The third kappa shape index (κ3) is 5.53. The molecule has 10 aromatic carbocycles. The van der Waals surface area contributed by atoms with E-state index >= 15 is 0 Å². The molecule has 6 heteroatoms. The zero-order valence-electron chi connectivity index (χ0n) is 37.5. The molecule has 0 fully saturated rings. The molecule has 0 atom stereocenters. The van der Waals surface area contributed by atoms with Crippen LogP contribution in [0.1, 0.15) is 22.3 Å². The lowest BCUT2D eigenvalue weighted by Crippen LogP contribution is -2.28. The van der Waals surface area contributed by atoms with Crippen LogP contribution in [0.25, 0.3) is 117 Å². The number of fused-ring (bicyclic) bond motifs is 12. The first-order valence-electron chi connectivity index (χ1n) is 23.7. The Bertz CT molecular complexity index is 4380. The zero-order chi connectivity index (χ0) is 45.9. The molecule has 1 aliphatic carbocycles. The first-order chi connectivity index (χ1) is 34.7. The van der Waals surface area contributed by atoms with Crippen molar-refractivity contribution in [3.05, 3.63) is 253 Å². The smallest absolute Gasteiger partial charge is 0.238 e. The van der Waals surface area contributed by atoms with Gasteiger partial charge in [0.15, 0.2) is 11.6 Å². The van der Waals surface area contributed by atoms with Gasteiger partial charge in [-0.05, 0) is 99.1 Å². The topological polar surface area (TPSA) is 69.9 Å². The number of rotatable bonds is 6. The Hall–Kier alpha value is -9.39. The number of aromatic nitrogens is 4. The summed E-state index contributed by atoms with van der Waals surface area (Å²) in [7, 11) is 0. The van der Waals surface area contributed by atoms with E-state index in [1.807, 2.05) is 30.3 Å². The van der Waals surface area contributed by atoms with Gasteiger partial charge in [0.2, 0.25) is 5.95 Å². The van der Waals surface area contributed by atoms with Crippen molar-refractivity contribution >= 4 is 65.7 Å². The highest BCUT2D eigenvalue weighted by molar-refractivity contribution is 6.14. The summed E-state index contributed by atoms with van der Waals surface area (Å²) in [6.07, 6.45) is 0. The molecule has 0 saturated heterocycles. The third-order valence-corrected chi connectivity index (χ3v) is 14.6. The lowest BCUT2D eigenvalue weighted by Gasteiger charge is -2.34. The first-order valence-corrected chi connectivity index (χ1v) is 23.7. The molecular weight excluding hydrogens is 857 g/mol. The van der Waals surface area contributed by atoms with E-state index in [9.17, 15) is 0 Å². The lowest BCUT2D eigenvalue weighted by atomic mass is 9.67. The van der Waals surface area contributed by atoms with Crippen LogP contribution in [0.15, 0.2) is 239 Å². The number of hydrogen-bond donors (Lipinski definition) is 0. The van der Waals surface area contributed by atoms with Crippen molar-refractivity contribution < 1.29 is 8.83 Å². The average molecular weight is 895 g/mol. The molecule has 1 aliphatic rings. The number of nitrogens with zero attached hydrogens (tertiary/aromatic N) is 4. The molecule has 14 aromatic rings. The molecule has 0 bridgehead atoms. The van der Waals surface area contributed by atoms with E-state index in [4.69, 9.17) is 23.8 Å². The van der Waals surface area contributed by atoms with E-state index in [1.54, 1.807) is 0 Å². The van der Waals surface area contributed by atoms with Crippen molar-refractivity contribution in [1.29, 1.82) is 0 Å². The second-order valence-corrected chi connectivity index (χ2v) is 18.2. The minimum atomic E-state index is -0.594. The molecule has 0 unspecified atom stereocenters. The predicted molar refractivity (Wildman–Crippen MR) is 282 cm³/mol. The molecule has 0 spiro atoms. The molecule has 15 rings (SSSR count). The molecule has 0 amide bonds. The molecule has 0 N–H and O–H groups in total. The zero-order valence-corrected chi connectivity index (χ0v) is 37.5. The van der Waals surface area contributed by atoms with Crippen LogP contribution in [0.5, 0.6) is 0 Å². The van der Waals surface area contributed by atoms with Crippen molar-refractivity contribution in [2.75, 3.05) is 0 Å². The van der Waals surface area contributed by atoms with E-state index in [2.05, 4.69) is 205 Å². The second kappa shape index (κ2) is 14.8. The number of furan rings is 2. The maximum atomic E-state index is 6.66. The number of para-hydroxylation sites is 2. The third-order valence-electron chi connectivity index (χ3n) is 14.6. The molecule has 326 valence electrons. The Morgan fingerprint density at radius 1 is 0.329 bits per heavy atom. The van der Waals surface area contributed by atoms with E-state index in [0.29, 0.717) is 17.6 Å². The SMILES string of the molecule is c1ccc(-c2cccc3oc4cc(-c5nc(-c6ccc7c(c6)oc6ccccc67)nc(-n6c7ccccc7c7cc8c(cc76)C(c6ccccc6)(c6ccccc6)c6ccccc6-8)n5)ccc4c23)cc1. The van der Waals surface area contributed by atoms with Crippen LogP contribution in [0, 0.1) is 0 Å². The van der Waals surface area contributed by atoms with E-state index in [0.717, 1.165) is 87.9 Å². The largest absolute Gasteiger partial charge is 0.456 e. The first kappa shape index (κ1) is 38.7. The van der Waals surface area contributed by atoms with Gasteiger partial charge in [-0.3, -0.25) is 4.57 Å². The van der Waals surface area contributed by atoms with Gasteiger partial charge in [-0.2, -0.15) is 9.97 Å². The van der Waals surface area contributed by atoms with E-state index < -0.39 is 5.41 Å². The maximum absolute atomic E-state index is 6.66. The summed E-state index contributed by atoms with van der Waals surface area (Å²) in [5.41, 5.74) is 15.8. The van der Waals surface area contributed by atoms with Gasteiger partial charge in [-0.25, -0.2) is 4.98 Å². The van der Waals surface area contributed by atoms with Gasteiger partial charge in [0.05, 0.1) is 16.4 Å². The van der Waals surface area contributed by atoms with E-state index in [-0.39, 0.29) is 0 Å². The van der Waals surface area contributed by atoms with Crippen molar-refractivity contribution in [2.45, 2.75) is 5.41 Å². The highest BCUT2D eigenvalue weighted by Crippen LogP contribution is 2.57. The number of benzene rings is 10. The minimum absolute atomic E-state index is 0.507. The van der Waals surface area contributed by atoms with Gasteiger partial charge in [-0.1, -0.05) is 176 Å². The highest BCUT2D eigenvalue weighted by Gasteiger charge is 2.46. The fraction of sp³-hybridized carbons (Fsp3) is 0.0156. The summed E-state index contributed by atoms with van der Waals surface area (Å²) in [6, 6.07) is 81.6. The van der Waals surface area contributed by atoms with Crippen LogP contribution in [0.3, 0.4) is 0 Å². The lowest BCUT2D eigenvalue weighted by molar-refractivity contribution is 0.668. The van der Waals surface area contributed by atoms with Crippen LogP contribution in [-0.4, -0.2) is 19.5 Å². The van der Waals surface area contributed by atoms with Gasteiger partial charge >= 0.3 is 0 Å². The van der Waals surface area contributed by atoms with Gasteiger partial charge in [0.1, 0.15) is 22.3 Å². The van der Waals surface area contributed by atoms with Crippen molar-refractivity contribution in [3.8, 4) is 51.0 Å². The number of hydrogen-bond acceptors (Lipinski definition) is 5. The van der Waals surface area contributed by atoms with Crippen LogP contribution in [0.4, 0.5) is 0 Å². The summed E-state index contributed by atoms with van der Waals surface area (Å²) >= 11 is 0. The van der Waals surface area contributed by atoms with Gasteiger partial charge in [0, 0.05) is 43.4 Å². The highest BCUT2D eigenvalue weighted by atomic mass is 16.3. The quantitative estimate of drug-likeness (QED) is 0.166. The summed E-state index contributed by atoms with van der Waals surface area (Å²) in [5.74, 6) is 1.56. The van der Waals surface area contributed by atoms with Crippen LogP contribution in [0.2, 0.25) is 0 Å². The fourth-order valence-electron chi connectivity index (χ4n) is 11.5. The molecule has 0 saturated carbocycles. The summed E-state index contributed by atoms with van der Waals surface area (Å²) in [4.78, 5) is 16.2. The van der Waals surface area contributed by atoms with Gasteiger partial charge in [0.25, 0.3) is 0 Å². The Morgan fingerprint density at radius 2 is 0.900 bits per heavy atom. The molecule has 0 radical (unpaired) electrons. The van der Waals surface area contributed by atoms with E-state index in [1.165, 1.54) is 33.4 Å². The van der Waals surface area contributed by atoms with Crippen molar-refractivity contribution in [2.24, 2.45) is 0 Å². The molecule has 0 aliphatic heterocycles. The molecule has 4 heterocycles. The molecule has 6 nitrogen and oxygen atoms in total. The fourth-order valence-corrected chi connectivity index (χ4v) is 11.5. The summed E-state index contributed by atoms with van der Waals surface area (Å²) < 4.78 is 15.3. The summed E-state index contributed by atoms with van der Waals surface area (Å²) in [6.45, 7) is 0. The molecule has 70 heavy (non-hydrogen) atoms. The minimum Gasteiger partial charge on any atom is -0.456 e. The van der Waals surface area contributed by atoms with Crippen LogP contribution >= 0.6 is 0 Å². The average Bonchev–Trinajstić information content (AvgIpc) is 4.17. The monoisotopic (exact) mass is 894 g/mol. The van der Waals surface area contributed by atoms with Crippen LogP contribution < -0.4 is 0 Å². The summed E-state index contributed by atoms with van der Waals surface area (Å²) in [5, 5.41) is 6.44. The second-order valence-electron chi connectivity index (χ2n) is 18.2. The molecule has 4 aromatic heterocycles. The van der Waals surface area contributed by atoms with Gasteiger partial charge < -0.3 is 8.83 Å². The maximum Gasteiger partial charge on any atom is 0.238 e. The normalized spacial score (nSPS) is 13.0. The van der Waals surface area contributed by atoms with Crippen LogP contribution in [-0.2, 0) is 5.41 Å². The Balaban J connectivity index is 1.00. The standard InChI is InChI=1S/C64H38N4O2/c1-4-17-39(18-5-1)44-26-16-30-57-60(44)49-34-32-41(36-59(49)70-57)62-65-61(40-31-33-48-47-25-12-15-29-56(47)69-58(48)35-40)66-63(67-62)68-54-28-14-11-24-46(54)51-37-50-45-23-10-13-27-52(45)64(53(50)38-55(51)68,42-19-6-2-7-20-42)43-21-8-3-9-22-43/h1-38H. The Kier molecular flexibility index (Phi) is 8.18. The predicted octanol–water partition coefficient (Wildman–Crippen LogP) is 16.1.